The standard InChI is InChI=1S/C21H25N3O/c1-3-24-20-11-7-5-9-17(20)19(23-24)14-22-15-21(2)18-10-6-4-8-16(18)12-13-25-21/h4-11,22H,3,12-15H2,1-2H3. The van der Waals surface area contributed by atoms with E-state index in [0.717, 1.165) is 38.4 Å². The molecule has 2 heterocycles. The number of aryl methyl sites for hydroxylation is 1. The van der Waals surface area contributed by atoms with Crippen molar-refractivity contribution in [3.8, 4) is 0 Å². The number of rotatable bonds is 5. The summed E-state index contributed by atoms with van der Waals surface area (Å²) in [7, 11) is 0. The summed E-state index contributed by atoms with van der Waals surface area (Å²) >= 11 is 0. The van der Waals surface area contributed by atoms with Crippen molar-refractivity contribution < 1.29 is 4.74 Å². The third-order valence-electron chi connectivity index (χ3n) is 5.17. The molecule has 1 aliphatic heterocycles. The van der Waals surface area contributed by atoms with Crippen LogP contribution >= 0.6 is 0 Å². The lowest BCUT2D eigenvalue weighted by molar-refractivity contribution is -0.0450. The van der Waals surface area contributed by atoms with Crippen molar-refractivity contribution in [2.75, 3.05) is 13.2 Å². The van der Waals surface area contributed by atoms with Gasteiger partial charge in [0.05, 0.1) is 17.8 Å². The Morgan fingerprint density at radius 3 is 2.84 bits per heavy atom. The maximum absolute atomic E-state index is 6.16. The first kappa shape index (κ1) is 16.3. The van der Waals surface area contributed by atoms with E-state index in [1.807, 2.05) is 0 Å². The summed E-state index contributed by atoms with van der Waals surface area (Å²) < 4.78 is 8.23. The van der Waals surface area contributed by atoms with Gasteiger partial charge in [-0.2, -0.15) is 5.10 Å². The number of fused-ring (bicyclic) bond motifs is 2. The van der Waals surface area contributed by atoms with Crippen LogP contribution in [0.15, 0.2) is 48.5 Å². The fraction of sp³-hybridized carbons (Fsp3) is 0.381. The molecule has 0 aliphatic carbocycles. The van der Waals surface area contributed by atoms with Gasteiger partial charge in [0.1, 0.15) is 5.60 Å². The molecule has 3 aromatic rings. The molecule has 0 amide bonds. The lowest BCUT2D eigenvalue weighted by Gasteiger charge is -2.36. The maximum atomic E-state index is 6.16. The maximum Gasteiger partial charge on any atom is 0.103 e. The lowest BCUT2D eigenvalue weighted by Crippen LogP contribution is -2.41. The van der Waals surface area contributed by atoms with Crippen LogP contribution in [0.4, 0.5) is 0 Å². The second-order valence-corrected chi connectivity index (χ2v) is 6.87. The van der Waals surface area contributed by atoms with E-state index in [0.29, 0.717) is 0 Å². The molecule has 0 saturated carbocycles. The average Bonchev–Trinajstić information content (AvgIpc) is 3.00. The molecule has 4 nitrogen and oxygen atoms in total. The van der Waals surface area contributed by atoms with Crippen molar-refractivity contribution >= 4 is 10.9 Å². The summed E-state index contributed by atoms with van der Waals surface area (Å²) in [5.74, 6) is 0. The number of ether oxygens (including phenoxy) is 1. The van der Waals surface area contributed by atoms with Gasteiger partial charge >= 0.3 is 0 Å². The predicted octanol–water partition coefficient (Wildman–Crippen LogP) is 3.63. The molecule has 1 unspecified atom stereocenters. The quantitative estimate of drug-likeness (QED) is 0.774. The molecule has 4 rings (SSSR count). The molecular formula is C21H25N3O. The second kappa shape index (κ2) is 6.62. The molecule has 130 valence electrons. The topological polar surface area (TPSA) is 39.1 Å². The van der Waals surface area contributed by atoms with E-state index in [1.54, 1.807) is 0 Å². The minimum Gasteiger partial charge on any atom is -0.369 e. The first-order chi connectivity index (χ1) is 12.2. The van der Waals surface area contributed by atoms with Gasteiger partial charge in [0.25, 0.3) is 0 Å². The van der Waals surface area contributed by atoms with Gasteiger partial charge in [-0.15, -0.1) is 0 Å². The van der Waals surface area contributed by atoms with Crippen molar-refractivity contribution in [1.29, 1.82) is 0 Å². The summed E-state index contributed by atoms with van der Waals surface area (Å²) in [5, 5.41) is 9.58. The molecule has 1 atom stereocenters. The van der Waals surface area contributed by atoms with E-state index in [2.05, 4.69) is 72.4 Å². The highest BCUT2D eigenvalue weighted by molar-refractivity contribution is 5.81. The van der Waals surface area contributed by atoms with Gasteiger partial charge in [0.15, 0.2) is 0 Å². The molecule has 0 saturated heterocycles. The van der Waals surface area contributed by atoms with Crippen LogP contribution in [-0.4, -0.2) is 22.9 Å². The van der Waals surface area contributed by atoms with Gasteiger partial charge in [-0.05, 0) is 37.5 Å². The van der Waals surface area contributed by atoms with Gasteiger partial charge in [0.2, 0.25) is 0 Å². The van der Waals surface area contributed by atoms with E-state index in [-0.39, 0.29) is 5.60 Å². The zero-order valence-corrected chi connectivity index (χ0v) is 15.0. The molecule has 1 aliphatic rings. The Hall–Kier alpha value is -2.17. The minimum absolute atomic E-state index is 0.280. The van der Waals surface area contributed by atoms with Crippen LogP contribution in [-0.2, 0) is 29.8 Å². The van der Waals surface area contributed by atoms with Crippen LogP contribution in [0, 0.1) is 0 Å². The number of para-hydroxylation sites is 1. The first-order valence-electron chi connectivity index (χ1n) is 9.09. The molecule has 0 fully saturated rings. The number of benzene rings is 2. The Balaban J connectivity index is 1.52. The smallest absolute Gasteiger partial charge is 0.103 e. The third-order valence-corrected chi connectivity index (χ3v) is 5.17. The van der Waals surface area contributed by atoms with Crippen LogP contribution in [0.2, 0.25) is 0 Å². The van der Waals surface area contributed by atoms with Crippen molar-refractivity contribution in [2.45, 2.75) is 39.0 Å². The first-order valence-corrected chi connectivity index (χ1v) is 9.09. The normalized spacial score (nSPS) is 19.9. The highest BCUT2D eigenvalue weighted by Gasteiger charge is 2.32. The summed E-state index contributed by atoms with van der Waals surface area (Å²) in [4.78, 5) is 0. The van der Waals surface area contributed by atoms with Crippen LogP contribution in [0.3, 0.4) is 0 Å². The number of nitrogens with one attached hydrogen (secondary N) is 1. The Labute approximate surface area is 148 Å². The van der Waals surface area contributed by atoms with E-state index >= 15 is 0 Å². The molecule has 4 heteroatoms. The summed E-state index contributed by atoms with van der Waals surface area (Å²) in [6, 6.07) is 17.1. The van der Waals surface area contributed by atoms with Crippen LogP contribution < -0.4 is 5.32 Å². The number of nitrogens with zero attached hydrogens (tertiary/aromatic N) is 2. The molecular weight excluding hydrogens is 310 g/mol. The average molecular weight is 335 g/mol. The largest absolute Gasteiger partial charge is 0.369 e. The second-order valence-electron chi connectivity index (χ2n) is 6.87. The molecule has 25 heavy (non-hydrogen) atoms. The van der Waals surface area contributed by atoms with Gasteiger partial charge < -0.3 is 10.1 Å². The van der Waals surface area contributed by atoms with Crippen molar-refractivity contribution in [3.05, 3.63) is 65.4 Å². The zero-order valence-electron chi connectivity index (χ0n) is 15.0. The molecule has 0 radical (unpaired) electrons. The SMILES string of the molecule is CCn1nc(CNCC2(C)OCCc3ccccc32)c2ccccc21. The molecule has 1 aromatic heterocycles. The Kier molecular flexibility index (Phi) is 4.32. The fourth-order valence-corrected chi connectivity index (χ4v) is 3.85. The van der Waals surface area contributed by atoms with Crippen molar-refractivity contribution in [2.24, 2.45) is 0 Å². The fourth-order valence-electron chi connectivity index (χ4n) is 3.85. The Morgan fingerprint density at radius 1 is 1.16 bits per heavy atom. The summed E-state index contributed by atoms with van der Waals surface area (Å²) in [6.07, 6.45) is 0.997. The van der Waals surface area contributed by atoms with Gasteiger partial charge in [-0.1, -0.05) is 42.5 Å². The lowest BCUT2D eigenvalue weighted by atomic mass is 9.87. The molecule has 0 bridgehead atoms. The monoisotopic (exact) mass is 335 g/mol. The van der Waals surface area contributed by atoms with Crippen molar-refractivity contribution in [1.82, 2.24) is 15.1 Å². The van der Waals surface area contributed by atoms with Crippen LogP contribution in [0.5, 0.6) is 0 Å². The number of aromatic nitrogens is 2. The number of hydrogen-bond acceptors (Lipinski definition) is 3. The highest BCUT2D eigenvalue weighted by atomic mass is 16.5. The highest BCUT2D eigenvalue weighted by Crippen LogP contribution is 2.32. The summed E-state index contributed by atoms with van der Waals surface area (Å²) in [6.45, 7) is 7.49. The van der Waals surface area contributed by atoms with Crippen LogP contribution in [0.25, 0.3) is 10.9 Å². The van der Waals surface area contributed by atoms with E-state index < -0.39 is 0 Å². The van der Waals surface area contributed by atoms with Gasteiger partial charge in [-0.25, -0.2) is 0 Å². The Morgan fingerprint density at radius 2 is 1.96 bits per heavy atom. The summed E-state index contributed by atoms with van der Waals surface area (Å²) in [5.41, 5.74) is 4.73. The zero-order chi connectivity index (χ0) is 17.3. The van der Waals surface area contributed by atoms with Crippen LogP contribution in [0.1, 0.15) is 30.7 Å². The molecule has 0 spiro atoms. The van der Waals surface area contributed by atoms with E-state index in [9.17, 15) is 0 Å². The number of hydrogen-bond donors (Lipinski definition) is 1. The van der Waals surface area contributed by atoms with E-state index in [1.165, 1.54) is 22.0 Å². The molecule has 1 N–H and O–H groups in total. The minimum atomic E-state index is -0.280. The molecule has 2 aromatic carbocycles. The van der Waals surface area contributed by atoms with Crippen molar-refractivity contribution in [3.63, 3.8) is 0 Å². The predicted molar refractivity (Wildman–Crippen MR) is 101 cm³/mol. The van der Waals surface area contributed by atoms with E-state index in [4.69, 9.17) is 9.84 Å². The van der Waals surface area contributed by atoms with Gasteiger partial charge in [0, 0.05) is 25.0 Å². The van der Waals surface area contributed by atoms with Gasteiger partial charge in [-0.3, -0.25) is 4.68 Å². The third kappa shape index (κ3) is 2.96. The Bertz CT molecular complexity index is 886.